The van der Waals surface area contributed by atoms with E-state index in [2.05, 4.69) is 25.9 Å². The zero-order chi connectivity index (χ0) is 22.8. The molecule has 3 atom stereocenters. The van der Waals surface area contributed by atoms with Crippen molar-refractivity contribution in [2.45, 2.75) is 44.8 Å². The first kappa shape index (κ1) is 24.6. The van der Waals surface area contributed by atoms with Crippen LogP contribution in [0.25, 0.3) is 0 Å². The standard InChI is InChI=1S/C17H26N6O7/c1-8(2)14(23-12(24)5-18)16(28)21-10(4-13(25)26)15(27)22-11(17(29)30)3-9-6-19-7-20-9/h6-8,10-11,14H,3-5,18H2,1-2H3,(H,19,20)(H,21,28)(H,22,27)(H,23,24)(H,25,26)(H,29,30). The zero-order valence-corrected chi connectivity index (χ0v) is 16.5. The second-order valence-electron chi connectivity index (χ2n) is 6.83. The highest BCUT2D eigenvalue weighted by atomic mass is 16.4. The number of carboxylic acids is 2. The molecule has 0 saturated heterocycles. The number of nitrogens with one attached hydrogen (secondary N) is 4. The summed E-state index contributed by atoms with van der Waals surface area (Å²) in [6, 6.07) is -4.01. The van der Waals surface area contributed by atoms with Crippen molar-refractivity contribution < 1.29 is 34.2 Å². The van der Waals surface area contributed by atoms with Crippen LogP contribution in [0.5, 0.6) is 0 Å². The highest BCUT2D eigenvalue weighted by Crippen LogP contribution is 2.05. The van der Waals surface area contributed by atoms with Gasteiger partial charge in [-0.15, -0.1) is 0 Å². The zero-order valence-electron chi connectivity index (χ0n) is 16.5. The Labute approximate surface area is 171 Å². The number of aromatic nitrogens is 2. The Morgan fingerprint density at radius 1 is 1.07 bits per heavy atom. The normalized spacial score (nSPS) is 13.7. The number of amides is 3. The third-order valence-electron chi connectivity index (χ3n) is 4.06. The highest BCUT2D eigenvalue weighted by Gasteiger charge is 2.32. The van der Waals surface area contributed by atoms with Crippen molar-refractivity contribution in [1.29, 1.82) is 0 Å². The summed E-state index contributed by atoms with van der Waals surface area (Å²) in [6.45, 7) is 2.92. The number of aromatic amines is 1. The minimum Gasteiger partial charge on any atom is -0.481 e. The van der Waals surface area contributed by atoms with Crippen molar-refractivity contribution in [3.8, 4) is 0 Å². The summed E-state index contributed by atoms with van der Waals surface area (Å²) in [4.78, 5) is 65.7. The molecule has 1 aromatic rings. The lowest BCUT2D eigenvalue weighted by Crippen LogP contribution is -2.58. The lowest BCUT2D eigenvalue weighted by molar-refractivity contribution is -0.143. The van der Waals surface area contributed by atoms with Crippen LogP contribution in [0, 0.1) is 5.92 Å². The number of carbonyl (C=O) groups excluding carboxylic acids is 3. The maximum atomic E-state index is 12.5. The van der Waals surface area contributed by atoms with Crippen molar-refractivity contribution in [2.24, 2.45) is 11.7 Å². The molecule has 0 aromatic carbocycles. The quantitative estimate of drug-likeness (QED) is 0.189. The average Bonchev–Trinajstić information content (AvgIpc) is 3.16. The summed E-state index contributed by atoms with van der Waals surface area (Å²) in [5, 5.41) is 25.3. The molecule has 1 heterocycles. The molecule has 8 N–H and O–H groups in total. The molecule has 13 nitrogen and oxygen atoms in total. The van der Waals surface area contributed by atoms with Crippen LogP contribution in [-0.4, -0.2) is 74.5 Å². The molecule has 3 amide bonds. The smallest absolute Gasteiger partial charge is 0.326 e. The van der Waals surface area contributed by atoms with Crippen molar-refractivity contribution in [3.63, 3.8) is 0 Å². The van der Waals surface area contributed by atoms with Gasteiger partial charge in [-0.3, -0.25) is 19.2 Å². The van der Waals surface area contributed by atoms with E-state index < -0.39 is 54.2 Å². The molecule has 0 fully saturated rings. The van der Waals surface area contributed by atoms with Gasteiger partial charge in [-0.25, -0.2) is 9.78 Å². The molecule has 0 aliphatic carbocycles. The molecule has 30 heavy (non-hydrogen) atoms. The summed E-state index contributed by atoms with van der Waals surface area (Å²) in [5.74, 6) is -5.52. The highest BCUT2D eigenvalue weighted by molar-refractivity contribution is 5.95. The Balaban J connectivity index is 2.93. The van der Waals surface area contributed by atoms with Gasteiger partial charge < -0.3 is 36.9 Å². The molecule has 13 heteroatoms. The van der Waals surface area contributed by atoms with E-state index in [-0.39, 0.29) is 18.9 Å². The van der Waals surface area contributed by atoms with Crippen LogP contribution < -0.4 is 21.7 Å². The minimum absolute atomic E-state index is 0.129. The average molecular weight is 426 g/mol. The second-order valence-corrected chi connectivity index (χ2v) is 6.83. The van der Waals surface area contributed by atoms with Crippen LogP contribution in [0.3, 0.4) is 0 Å². The summed E-state index contributed by atoms with van der Waals surface area (Å²) >= 11 is 0. The summed E-state index contributed by atoms with van der Waals surface area (Å²) in [7, 11) is 0. The molecule has 0 saturated carbocycles. The predicted molar refractivity (Wildman–Crippen MR) is 102 cm³/mol. The Bertz CT molecular complexity index is 765. The number of nitrogens with zero attached hydrogens (tertiary/aromatic N) is 1. The molecule has 1 aromatic heterocycles. The van der Waals surface area contributed by atoms with Gasteiger partial charge >= 0.3 is 11.9 Å². The van der Waals surface area contributed by atoms with E-state index in [0.717, 1.165) is 0 Å². The monoisotopic (exact) mass is 426 g/mol. The fourth-order valence-corrected chi connectivity index (χ4v) is 2.50. The Morgan fingerprint density at radius 3 is 2.17 bits per heavy atom. The van der Waals surface area contributed by atoms with E-state index in [4.69, 9.17) is 10.8 Å². The Kier molecular flexibility index (Phi) is 9.42. The van der Waals surface area contributed by atoms with E-state index in [1.165, 1.54) is 12.5 Å². The third kappa shape index (κ3) is 7.87. The van der Waals surface area contributed by atoms with Crippen molar-refractivity contribution in [1.82, 2.24) is 25.9 Å². The maximum absolute atomic E-state index is 12.5. The minimum atomic E-state index is -1.56. The van der Waals surface area contributed by atoms with Crippen molar-refractivity contribution >= 4 is 29.7 Å². The van der Waals surface area contributed by atoms with Gasteiger partial charge in [0.05, 0.1) is 19.3 Å². The number of imidazole rings is 1. The van der Waals surface area contributed by atoms with Gasteiger partial charge in [0.15, 0.2) is 0 Å². The van der Waals surface area contributed by atoms with Crippen LogP contribution in [0.2, 0.25) is 0 Å². The lowest BCUT2D eigenvalue weighted by Gasteiger charge is -2.25. The van der Waals surface area contributed by atoms with Gasteiger partial charge in [0.2, 0.25) is 17.7 Å². The van der Waals surface area contributed by atoms with Crippen LogP contribution in [-0.2, 0) is 30.4 Å². The number of carboxylic acid groups (broad SMARTS) is 2. The topological polar surface area (TPSA) is 217 Å². The van der Waals surface area contributed by atoms with Gasteiger partial charge in [-0.2, -0.15) is 0 Å². The van der Waals surface area contributed by atoms with Crippen LogP contribution >= 0.6 is 0 Å². The molecule has 0 radical (unpaired) electrons. The molecule has 0 aliphatic rings. The number of hydrogen-bond donors (Lipinski definition) is 7. The first-order valence-corrected chi connectivity index (χ1v) is 9.07. The maximum Gasteiger partial charge on any atom is 0.326 e. The summed E-state index contributed by atoms with van der Waals surface area (Å²) in [6.07, 6.45) is 1.80. The fourth-order valence-electron chi connectivity index (χ4n) is 2.50. The fraction of sp³-hybridized carbons (Fsp3) is 0.529. The van der Waals surface area contributed by atoms with Gasteiger partial charge in [-0.1, -0.05) is 13.8 Å². The first-order valence-electron chi connectivity index (χ1n) is 9.07. The van der Waals surface area contributed by atoms with Gasteiger partial charge in [-0.05, 0) is 5.92 Å². The summed E-state index contributed by atoms with van der Waals surface area (Å²) in [5.41, 5.74) is 5.66. The Hall–Kier alpha value is -3.48. The molecule has 0 bridgehead atoms. The van der Waals surface area contributed by atoms with E-state index >= 15 is 0 Å². The van der Waals surface area contributed by atoms with E-state index in [9.17, 15) is 29.1 Å². The molecule has 0 aliphatic heterocycles. The van der Waals surface area contributed by atoms with Crippen molar-refractivity contribution in [3.05, 3.63) is 18.2 Å². The molecule has 1 rings (SSSR count). The number of nitrogens with two attached hydrogens (primary N) is 1. The van der Waals surface area contributed by atoms with Gasteiger partial charge in [0, 0.05) is 18.3 Å². The SMILES string of the molecule is CC(C)C(NC(=O)CN)C(=O)NC(CC(=O)O)C(=O)NC(Cc1cnc[nH]1)C(=O)O. The van der Waals surface area contributed by atoms with Crippen LogP contribution in [0.15, 0.2) is 12.5 Å². The molecule has 0 spiro atoms. The molecule has 3 unspecified atom stereocenters. The Morgan fingerprint density at radius 2 is 1.70 bits per heavy atom. The first-order chi connectivity index (χ1) is 14.0. The van der Waals surface area contributed by atoms with Crippen LogP contribution in [0.1, 0.15) is 26.0 Å². The van der Waals surface area contributed by atoms with E-state index in [0.29, 0.717) is 5.69 Å². The predicted octanol–water partition coefficient (Wildman–Crippen LogP) is -2.42. The number of hydrogen-bond acceptors (Lipinski definition) is 7. The van der Waals surface area contributed by atoms with E-state index in [1.54, 1.807) is 13.8 Å². The van der Waals surface area contributed by atoms with Gasteiger partial charge in [0.1, 0.15) is 18.1 Å². The van der Waals surface area contributed by atoms with E-state index in [1.807, 2.05) is 0 Å². The molecular weight excluding hydrogens is 400 g/mol. The van der Waals surface area contributed by atoms with Crippen LogP contribution in [0.4, 0.5) is 0 Å². The number of rotatable bonds is 12. The molecule has 166 valence electrons. The number of carbonyl (C=O) groups is 5. The lowest BCUT2D eigenvalue weighted by atomic mass is 10.0. The molecular formula is C17H26N6O7. The second kappa shape index (κ2) is 11.5. The third-order valence-corrected chi connectivity index (χ3v) is 4.06. The number of H-pyrrole nitrogens is 1. The van der Waals surface area contributed by atoms with Gasteiger partial charge in [0.25, 0.3) is 0 Å². The summed E-state index contributed by atoms with van der Waals surface area (Å²) < 4.78 is 0. The largest absolute Gasteiger partial charge is 0.481 e. The number of aliphatic carboxylic acids is 2. The van der Waals surface area contributed by atoms with Crippen molar-refractivity contribution in [2.75, 3.05) is 6.54 Å².